The number of carbonyl (C=O) groups is 2. The summed E-state index contributed by atoms with van der Waals surface area (Å²) in [6.45, 7) is 3.60. The van der Waals surface area contributed by atoms with E-state index in [0.29, 0.717) is 10.6 Å². The molecule has 2 rings (SSSR count). The first kappa shape index (κ1) is 15.7. The SMILES string of the molecule is CC1(C)OCC(=CNc2ccc(Cl)cc2)C(C(=O)C=O)O1. The molecular weight excluding hydrogens is 294 g/mol. The molecule has 0 saturated carbocycles. The van der Waals surface area contributed by atoms with Crippen LogP contribution < -0.4 is 5.32 Å². The molecule has 5 nitrogen and oxygen atoms in total. The van der Waals surface area contributed by atoms with E-state index in [1.807, 2.05) is 0 Å². The maximum Gasteiger partial charge on any atom is 0.228 e. The minimum Gasteiger partial charge on any atom is -0.362 e. The zero-order valence-corrected chi connectivity index (χ0v) is 12.5. The smallest absolute Gasteiger partial charge is 0.228 e. The van der Waals surface area contributed by atoms with E-state index in [1.165, 1.54) is 0 Å². The predicted octanol–water partition coefficient (Wildman–Crippen LogP) is 2.56. The quantitative estimate of drug-likeness (QED) is 0.684. The number of aldehydes is 1. The third kappa shape index (κ3) is 4.14. The molecule has 1 unspecified atom stereocenters. The van der Waals surface area contributed by atoms with Crippen molar-refractivity contribution >= 4 is 29.4 Å². The molecule has 0 radical (unpaired) electrons. The van der Waals surface area contributed by atoms with Crippen LogP contribution in [0.2, 0.25) is 5.02 Å². The molecular formula is C15H16ClNO4. The molecule has 6 heteroatoms. The molecule has 1 fully saturated rings. The zero-order chi connectivity index (χ0) is 15.5. The predicted molar refractivity (Wildman–Crippen MR) is 79.1 cm³/mol. The van der Waals surface area contributed by atoms with Gasteiger partial charge in [-0.2, -0.15) is 0 Å². The lowest BCUT2D eigenvalue weighted by molar-refractivity contribution is -0.247. The fourth-order valence-corrected chi connectivity index (χ4v) is 1.99. The van der Waals surface area contributed by atoms with Crippen molar-refractivity contribution in [3.05, 3.63) is 41.1 Å². The van der Waals surface area contributed by atoms with Crippen molar-refractivity contribution in [3.63, 3.8) is 0 Å². The molecule has 0 aromatic heterocycles. The Hall–Kier alpha value is -1.69. The fraction of sp³-hybridized carbons (Fsp3) is 0.333. The Morgan fingerprint density at radius 2 is 2.05 bits per heavy atom. The number of carbonyl (C=O) groups excluding carboxylic acids is 2. The Kier molecular flexibility index (Phi) is 4.77. The summed E-state index contributed by atoms with van der Waals surface area (Å²) in [6, 6.07) is 7.08. The summed E-state index contributed by atoms with van der Waals surface area (Å²) in [5.41, 5.74) is 1.36. The highest BCUT2D eigenvalue weighted by Crippen LogP contribution is 2.26. The number of hydrogen-bond acceptors (Lipinski definition) is 5. The van der Waals surface area contributed by atoms with Gasteiger partial charge in [-0.05, 0) is 38.1 Å². The van der Waals surface area contributed by atoms with E-state index >= 15 is 0 Å². The number of ether oxygens (including phenoxy) is 2. The molecule has 112 valence electrons. The van der Waals surface area contributed by atoms with Gasteiger partial charge in [-0.15, -0.1) is 0 Å². The Morgan fingerprint density at radius 1 is 1.38 bits per heavy atom. The average molecular weight is 310 g/mol. The molecule has 1 heterocycles. The van der Waals surface area contributed by atoms with E-state index < -0.39 is 17.7 Å². The van der Waals surface area contributed by atoms with Gasteiger partial charge in [0.1, 0.15) is 0 Å². The van der Waals surface area contributed by atoms with E-state index in [9.17, 15) is 9.59 Å². The molecule has 1 aliphatic heterocycles. The maximum absolute atomic E-state index is 11.7. The second-order valence-corrected chi connectivity index (χ2v) is 5.51. The normalized spacial score (nSPS) is 22.8. The Bertz CT molecular complexity index is 566. The molecule has 1 aromatic carbocycles. The highest BCUT2D eigenvalue weighted by molar-refractivity contribution is 6.30. The molecule has 1 N–H and O–H groups in total. The van der Waals surface area contributed by atoms with E-state index in [-0.39, 0.29) is 12.9 Å². The van der Waals surface area contributed by atoms with Crippen LogP contribution in [-0.4, -0.2) is 30.6 Å². The van der Waals surface area contributed by atoms with Crippen molar-refractivity contribution in [1.82, 2.24) is 0 Å². The highest BCUT2D eigenvalue weighted by Gasteiger charge is 2.36. The number of anilines is 1. The highest BCUT2D eigenvalue weighted by atomic mass is 35.5. The number of Topliss-reactive ketones (excluding diaryl/α,β-unsaturated/α-hetero) is 1. The third-order valence-electron chi connectivity index (χ3n) is 2.97. The summed E-state index contributed by atoms with van der Waals surface area (Å²) >= 11 is 5.81. The topological polar surface area (TPSA) is 64.6 Å². The average Bonchev–Trinajstić information content (AvgIpc) is 2.46. The van der Waals surface area contributed by atoms with Gasteiger partial charge in [0.15, 0.2) is 18.2 Å². The number of halogens is 1. The van der Waals surface area contributed by atoms with Crippen LogP contribution in [0.15, 0.2) is 36.0 Å². The van der Waals surface area contributed by atoms with Crippen molar-refractivity contribution in [2.75, 3.05) is 11.9 Å². The van der Waals surface area contributed by atoms with E-state index in [0.717, 1.165) is 5.69 Å². The Morgan fingerprint density at radius 3 is 2.67 bits per heavy atom. The van der Waals surface area contributed by atoms with Gasteiger partial charge in [-0.1, -0.05) is 11.6 Å². The van der Waals surface area contributed by atoms with Crippen LogP contribution in [0, 0.1) is 0 Å². The second-order valence-electron chi connectivity index (χ2n) is 5.08. The van der Waals surface area contributed by atoms with Crippen molar-refractivity contribution in [1.29, 1.82) is 0 Å². The van der Waals surface area contributed by atoms with Crippen molar-refractivity contribution < 1.29 is 19.1 Å². The summed E-state index contributed by atoms with van der Waals surface area (Å²) in [5.74, 6) is -1.53. The monoisotopic (exact) mass is 309 g/mol. The van der Waals surface area contributed by atoms with Crippen LogP contribution in [0.4, 0.5) is 5.69 Å². The van der Waals surface area contributed by atoms with Gasteiger partial charge in [0.2, 0.25) is 5.78 Å². The number of benzene rings is 1. The van der Waals surface area contributed by atoms with Crippen molar-refractivity contribution in [2.24, 2.45) is 0 Å². The molecule has 0 amide bonds. The first-order valence-electron chi connectivity index (χ1n) is 6.43. The van der Waals surface area contributed by atoms with Crippen LogP contribution in [0.5, 0.6) is 0 Å². The largest absolute Gasteiger partial charge is 0.362 e. The molecule has 0 aliphatic carbocycles. The fourth-order valence-electron chi connectivity index (χ4n) is 1.87. The van der Waals surface area contributed by atoms with Gasteiger partial charge < -0.3 is 14.8 Å². The van der Waals surface area contributed by atoms with Gasteiger partial charge in [-0.3, -0.25) is 9.59 Å². The molecule has 1 aliphatic rings. The van der Waals surface area contributed by atoms with Gasteiger partial charge in [0, 0.05) is 22.5 Å². The Balaban J connectivity index is 2.15. The number of ketones is 1. The van der Waals surface area contributed by atoms with Crippen molar-refractivity contribution in [3.8, 4) is 0 Å². The molecule has 21 heavy (non-hydrogen) atoms. The molecule has 1 aromatic rings. The Labute approximate surface area is 127 Å². The lowest BCUT2D eigenvalue weighted by atomic mass is 10.1. The van der Waals surface area contributed by atoms with E-state index in [1.54, 1.807) is 44.3 Å². The second kappa shape index (κ2) is 6.39. The maximum atomic E-state index is 11.7. The summed E-state index contributed by atoms with van der Waals surface area (Å²) in [7, 11) is 0. The lowest BCUT2D eigenvalue weighted by Gasteiger charge is -2.36. The first-order chi connectivity index (χ1) is 9.91. The van der Waals surface area contributed by atoms with Crippen LogP contribution in [0.3, 0.4) is 0 Å². The summed E-state index contributed by atoms with van der Waals surface area (Å²) in [6.07, 6.45) is 0.957. The third-order valence-corrected chi connectivity index (χ3v) is 3.22. The van der Waals surface area contributed by atoms with E-state index in [2.05, 4.69) is 5.32 Å². The standard InChI is InChI=1S/C15H16ClNO4/c1-15(2)20-9-10(14(21-15)13(19)8-18)7-17-12-5-3-11(16)4-6-12/h3-8,14,17H,9H2,1-2H3. The summed E-state index contributed by atoms with van der Waals surface area (Å²) in [5, 5.41) is 3.66. The van der Waals surface area contributed by atoms with Gasteiger partial charge in [-0.25, -0.2) is 0 Å². The van der Waals surface area contributed by atoms with Gasteiger partial charge in [0.05, 0.1) is 6.61 Å². The lowest BCUT2D eigenvalue weighted by Crippen LogP contribution is -2.45. The zero-order valence-electron chi connectivity index (χ0n) is 11.8. The van der Waals surface area contributed by atoms with Gasteiger partial charge in [0.25, 0.3) is 0 Å². The summed E-state index contributed by atoms with van der Waals surface area (Å²) < 4.78 is 11.0. The van der Waals surface area contributed by atoms with Crippen LogP contribution in [-0.2, 0) is 19.1 Å². The number of nitrogens with one attached hydrogen (secondary N) is 1. The van der Waals surface area contributed by atoms with E-state index in [4.69, 9.17) is 21.1 Å². The minimum absolute atomic E-state index is 0.206. The number of hydrogen-bond donors (Lipinski definition) is 1. The number of rotatable bonds is 4. The molecule has 1 saturated heterocycles. The molecule has 1 atom stereocenters. The molecule has 0 bridgehead atoms. The van der Waals surface area contributed by atoms with Crippen LogP contribution in [0.1, 0.15) is 13.8 Å². The van der Waals surface area contributed by atoms with Crippen LogP contribution in [0.25, 0.3) is 0 Å². The first-order valence-corrected chi connectivity index (χ1v) is 6.81. The van der Waals surface area contributed by atoms with Crippen LogP contribution >= 0.6 is 11.6 Å². The summed E-state index contributed by atoms with van der Waals surface area (Å²) in [4.78, 5) is 22.4. The van der Waals surface area contributed by atoms with Gasteiger partial charge >= 0.3 is 0 Å². The minimum atomic E-state index is -0.925. The van der Waals surface area contributed by atoms with Crippen molar-refractivity contribution in [2.45, 2.75) is 25.7 Å². The molecule has 0 spiro atoms.